The number of nitrogens with zero attached hydrogens (tertiary/aromatic N) is 1. The highest BCUT2D eigenvalue weighted by Crippen LogP contribution is 2.22. The molecule has 2 N–H and O–H groups in total. The minimum Gasteiger partial charge on any atom is -0.353 e. The Bertz CT molecular complexity index is 319. The van der Waals surface area contributed by atoms with E-state index < -0.39 is 0 Å². The fourth-order valence-electron chi connectivity index (χ4n) is 2.07. The van der Waals surface area contributed by atoms with Crippen LogP contribution in [0.25, 0.3) is 0 Å². The molecule has 2 amide bonds. The molecule has 0 spiro atoms. The van der Waals surface area contributed by atoms with Crippen LogP contribution in [0.1, 0.15) is 39.5 Å². The first-order chi connectivity index (χ1) is 9.70. The standard InChI is InChI=1S/C14H27N3O2S.ClH/c1-3-5-6-13(18)17-11-20-10-12(17)14(19)16-9-8-15-7-4-2;/h12,15H,3-11H2,1-2H3,(H,16,19);1H. The van der Waals surface area contributed by atoms with Gasteiger partial charge in [-0.05, 0) is 19.4 Å². The number of hydrogen-bond donors (Lipinski definition) is 2. The summed E-state index contributed by atoms with van der Waals surface area (Å²) >= 11 is 1.66. The van der Waals surface area contributed by atoms with Crippen molar-refractivity contribution in [1.82, 2.24) is 15.5 Å². The molecule has 7 heteroatoms. The second kappa shape index (κ2) is 12.1. The van der Waals surface area contributed by atoms with Gasteiger partial charge in [-0.15, -0.1) is 24.2 Å². The third-order valence-electron chi connectivity index (χ3n) is 3.28. The highest BCUT2D eigenvalue weighted by molar-refractivity contribution is 7.99. The number of amides is 2. The van der Waals surface area contributed by atoms with Gasteiger partial charge < -0.3 is 15.5 Å². The first kappa shape index (κ1) is 20.5. The van der Waals surface area contributed by atoms with Crippen LogP contribution in [0.5, 0.6) is 0 Å². The van der Waals surface area contributed by atoms with Gasteiger partial charge in [0, 0.05) is 25.3 Å². The number of hydrogen-bond acceptors (Lipinski definition) is 4. The zero-order valence-electron chi connectivity index (χ0n) is 13.0. The van der Waals surface area contributed by atoms with E-state index >= 15 is 0 Å². The van der Waals surface area contributed by atoms with Crippen molar-refractivity contribution >= 4 is 36.0 Å². The van der Waals surface area contributed by atoms with Crippen molar-refractivity contribution in [2.45, 2.75) is 45.6 Å². The van der Waals surface area contributed by atoms with Crippen molar-refractivity contribution < 1.29 is 9.59 Å². The maximum absolute atomic E-state index is 12.1. The summed E-state index contributed by atoms with van der Waals surface area (Å²) in [7, 11) is 0. The average Bonchev–Trinajstić information content (AvgIpc) is 2.93. The largest absolute Gasteiger partial charge is 0.353 e. The zero-order valence-corrected chi connectivity index (χ0v) is 14.7. The Hall–Kier alpha value is -0.460. The van der Waals surface area contributed by atoms with Crippen molar-refractivity contribution in [3.05, 3.63) is 0 Å². The van der Waals surface area contributed by atoms with Gasteiger partial charge in [-0.3, -0.25) is 9.59 Å². The summed E-state index contributed by atoms with van der Waals surface area (Å²) in [4.78, 5) is 25.9. The molecule has 124 valence electrons. The van der Waals surface area contributed by atoms with E-state index in [1.807, 2.05) is 0 Å². The van der Waals surface area contributed by atoms with Crippen LogP contribution in [0, 0.1) is 0 Å². The summed E-state index contributed by atoms with van der Waals surface area (Å²) in [6, 6.07) is -0.282. The summed E-state index contributed by atoms with van der Waals surface area (Å²) in [6.45, 7) is 6.55. The van der Waals surface area contributed by atoms with E-state index in [4.69, 9.17) is 0 Å². The fourth-order valence-corrected chi connectivity index (χ4v) is 3.25. The molecule has 1 unspecified atom stereocenters. The van der Waals surface area contributed by atoms with E-state index in [9.17, 15) is 9.59 Å². The maximum atomic E-state index is 12.1. The third kappa shape index (κ3) is 7.38. The van der Waals surface area contributed by atoms with E-state index in [-0.39, 0.29) is 30.3 Å². The average molecular weight is 338 g/mol. The Labute approximate surface area is 138 Å². The molecule has 0 bridgehead atoms. The topological polar surface area (TPSA) is 61.4 Å². The minimum atomic E-state index is -0.282. The summed E-state index contributed by atoms with van der Waals surface area (Å²) in [6.07, 6.45) is 3.55. The Morgan fingerprint density at radius 1 is 1.19 bits per heavy atom. The molecule has 0 aromatic rings. The first-order valence-corrected chi connectivity index (χ1v) is 8.71. The molecule has 5 nitrogen and oxygen atoms in total. The molecule has 21 heavy (non-hydrogen) atoms. The summed E-state index contributed by atoms with van der Waals surface area (Å²) < 4.78 is 0. The van der Waals surface area contributed by atoms with Crippen LogP contribution < -0.4 is 10.6 Å². The summed E-state index contributed by atoms with van der Waals surface area (Å²) in [5.41, 5.74) is 0. The van der Waals surface area contributed by atoms with Gasteiger partial charge in [0.15, 0.2) is 0 Å². The SMILES string of the molecule is CCCCC(=O)N1CSCC1C(=O)NCCNCCC.Cl. The lowest BCUT2D eigenvalue weighted by molar-refractivity contribution is -0.138. The lowest BCUT2D eigenvalue weighted by Gasteiger charge is -2.23. The van der Waals surface area contributed by atoms with Crippen LogP contribution in [0.4, 0.5) is 0 Å². The van der Waals surface area contributed by atoms with Crippen molar-refractivity contribution in [2.24, 2.45) is 0 Å². The highest BCUT2D eigenvalue weighted by atomic mass is 35.5. The van der Waals surface area contributed by atoms with E-state index in [1.54, 1.807) is 16.7 Å². The van der Waals surface area contributed by atoms with Crippen LogP contribution in [-0.4, -0.2) is 54.0 Å². The number of nitrogens with one attached hydrogen (secondary N) is 2. The zero-order chi connectivity index (χ0) is 14.8. The Balaban J connectivity index is 0.00000400. The number of halogens is 1. The first-order valence-electron chi connectivity index (χ1n) is 7.56. The molecular formula is C14H28ClN3O2S. The molecule has 1 aliphatic rings. The lowest BCUT2D eigenvalue weighted by atomic mass is 10.2. The molecule has 0 aromatic heterocycles. The minimum absolute atomic E-state index is 0. The maximum Gasteiger partial charge on any atom is 0.243 e. The van der Waals surface area contributed by atoms with Gasteiger partial charge in [-0.1, -0.05) is 20.3 Å². The summed E-state index contributed by atoms with van der Waals surface area (Å²) in [5.74, 6) is 1.46. The molecule has 1 fully saturated rings. The monoisotopic (exact) mass is 337 g/mol. The third-order valence-corrected chi connectivity index (χ3v) is 4.29. The van der Waals surface area contributed by atoms with Crippen molar-refractivity contribution in [3.8, 4) is 0 Å². The van der Waals surface area contributed by atoms with Gasteiger partial charge in [-0.25, -0.2) is 0 Å². The van der Waals surface area contributed by atoms with Crippen molar-refractivity contribution in [2.75, 3.05) is 31.3 Å². The predicted molar refractivity (Wildman–Crippen MR) is 90.9 cm³/mol. The quantitative estimate of drug-likeness (QED) is 0.628. The van der Waals surface area contributed by atoms with Crippen LogP contribution in [0.2, 0.25) is 0 Å². The predicted octanol–water partition coefficient (Wildman–Crippen LogP) is 1.62. The van der Waals surface area contributed by atoms with E-state index in [0.717, 1.165) is 32.4 Å². The Kier molecular flexibility index (Phi) is 11.9. The second-order valence-electron chi connectivity index (χ2n) is 5.02. The van der Waals surface area contributed by atoms with Gasteiger partial charge in [0.1, 0.15) is 6.04 Å². The number of unbranched alkanes of at least 4 members (excludes halogenated alkanes) is 1. The molecule has 1 saturated heterocycles. The van der Waals surface area contributed by atoms with Crippen LogP contribution in [0.3, 0.4) is 0 Å². The molecule has 1 atom stereocenters. The Morgan fingerprint density at radius 2 is 1.95 bits per heavy atom. The molecule has 0 radical (unpaired) electrons. The Morgan fingerprint density at radius 3 is 2.62 bits per heavy atom. The number of carbonyl (C=O) groups is 2. The normalized spacial score (nSPS) is 17.4. The molecule has 0 aliphatic carbocycles. The van der Waals surface area contributed by atoms with Gasteiger partial charge >= 0.3 is 0 Å². The van der Waals surface area contributed by atoms with Crippen LogP contribution in [0.15, 0.2) is 0 Å². The molecule has 1 aliphatic heterocycles. The van der Waals surface area contributed by atoms with E-state index in [0.29, 0.717) is 24.6 Å². The number of carbonyl (C=O) groups excluding carboxylic acids is 2. The highest BCUT2D eigenvalue weighted by Gasteiger charge is 2.33. The van der Waals surface area contributed by atoms with Crippen LogP contribution >= 0.6 is 24.2 Å². The molecule has 1 rings (SSSR count). The van der Waals surface area contributed by atoms with Gasteiger partial charge in [0.05, 0.1) is 5.88 Å². The van der Waals surface area contributed by atoms with Crippen molar-refractivity contribution in [3.63, 3.8) is 0 Å². The fraction of sp³-hybridized carbons (Fsp3) is 0.857. The molecule has 0 saturated carbocycles. The summed E-state index contributed by atoms with van der Waals surface area (Å²) in [5, 5.41) is 6.16. The van der Waals surface area contributed by atoms with Crippen molar-refractivity contribution in [1.29, 1.82) is 0 Å². The van der Waals surface area contributed by atoms with Gasteiger partial charge in [0.2, 0.25) is 11.8 Å². The molecular weight excluding hydrogens is 310 g/mol. The second-order valence-corrected chi connectivity index (χ2v) is 6.02. The number of thioether (sulfide) groups is 1. The van der Waals surface area contributed by atoms with E-state index in [1.165, 1.54) is 0 Å². The number of rotatable bonds is 9. The molecule has 0 aromatic carbocycles. The smallest absolute Gasteiger partial charge is 0.243 e. The molecule has 1 heterocycles. The van der Waals surface area contributed by atoms with Gasteiger partial charge in [0.25, 0.3) is 0 Å². The van der Waals surface area contributed by atoms with E-state index in [2.05, 4.69) is 24.5 Å². The van der Waals surface area contributed by atoms with Crippen LogP contribution in [-0.2, 0) is 9.59 Å². The van der Waals surface area contributed by atoms with Gasteiger partial charge in [-0.2, -0.15) is 0 Å². The lowest BCUT2D eigenvalue weighted by Crippen LogP contribution is -2.48.